The van der Waals surface area contributed by atoms with E-state index in [0.717, 1.165) is 29.7 Å². The Balaban J connectivity index is 1.38. The van der Waals surface area contributed by atoms with E-state index in [1.807, 2.05) is 28.1 Å². The lowest BCUT2D eigenvalue weighted by molar-refractivity contribution is -0.121. The fraction of sp³-hybridized carbons (Fsp3) is 0.435. The minimum absolute atomic E-state index is 0.0338. The molecule has 3 heterocycles. The normalized spacial score (nSPS) is 16.3. The number of thiophene rings is 1. The number of amides is 1. The molecule has 0 spiro atoms. The van der Waals surface area contributed by atoms with Gasteiger partial charge in [-0.25, -0.2) is 0 Å². The van der Waals surface area contributed by atoms with E-state index in [1.165, 1.54) is 18.4 Å². The van der Waals surface area contributed by atoms with Crippen LogP contribution in [0.3, 0.4) is 0 Å². The Morgan fingerprint density at radius 3 is 2.74 bits per heavy atom. The first kappa shape index (κ1) is 21.9. The molecule has 164 valence electrons. The highest BCUT2D eigenvalue weighted by Crippen LogP contribution is 2.26. The lowest BCUT2D eigenvalue weighted by atomic mass is 9.95. The quantitative estimate of drug-likeness (QED) is 0.485. The lowest BCUT2D eigenvalue weighted by Crippen LogP contribution is -2.42. The van der Waals surface area contributed by atoms with Gasteiger partial charge in [-0.2, -0.15) is 5.10 Å². The molecule has 1 aliphatic heterocycles. The summed E-state index contributed by atoms with van der Waals surface area (Å²) in [6.45, 7) is 5.59. The number of benzene rings is 1. The van der Waals surface area contributed by atoms with Crippen LogP contribution in [0.2, 0.25) is 0 Å². The van der Waals surface area contributed by atoms with Gasteiger partial charge in [0.05, 0.1) is 10.9 Å². The summed E-state index contributed by atoms with van der Waals surface area (Å²) in [5.41, 5.74) is 1.26. The average molecular weight is 456 g/mol. The molecule has 3 aromatic rings. The Morgan fingerprint density at radius 2 is 2.03 bits per heavy atom. The van der Waals surface area contributed by atoms with Gasteiger partial charge < -0.3 is 5.32 Å². The molecule has 8 heteroatoms. The summed E-state index contributed by atoms with van der Waals surface area (Å²) in [6.07, 6.45) is 2.79. The smallest absolute Gasteiger partial charge is 0.221 e. The molecule has 2 aromatic heterocycles. The summed E-state index contributed by atoms with van der Waals surface area (Å²) < 4.78 is 2.45. The molecule has 0 radical (unpaired) electrons. The molecular formula is C23H29N5OS2. The van der Waals surface area contributed by atoms with Crippen molar-refractivity contribution < 1.29 is 4.79 Å². The Hall–Kier alpha value is -2.29. The fourth-order valence-corrected chi connectivity index (χ4v) is 5.05. The highest BCUT2D eigenvalue weighted by Gasteiger charge is 2.25. The van der Waals surface area contributed by atoms with Crippen molar-refractivity contribution in [1.82, 2.24) is 25.0 Å². The van der Waals surface area contributed by atoms with Crippen molar-refractivity contribution in [2.75, 3.05) is 19.6 Å². The third-order valence-electron chi connectivity index (χ3n) is 6.00. The first-order valence-electron chi connectivity index (χ1n) is 10.9. The first-order chi connectivity index (χ1) is 15.1. The van der Waals surface area contributed by atoms with Crippen LogP contribution in [0.4, 0.5) is 0 Å². The van der Waals surface area contributed by atoms with E-state index in [4.69, 9.17) is 12.2 Å². The predicted molar refractivity (Wildman–Crippen MR) is 128 cm³/mol. The maximum atomic E-state index is 12.7. The van der Waals surface area contributed by atoms with E-state index in [-0.39, 0.29) is 11.9 Å². The van der Waals surface area contributed by atoms with Crippen LogP contribution in [-0.4, -0.2) is 45.2 Å². The Bertz CT molecular complexity index is 1020. The zero-order valence-electron chi connectivity index (χ0n) is 17.8. The monoisotopic (exact) mass is 455 g/mol. The maximum absolute atomic E-state index is 12.7. The number of aromatic nitrogens is 3. The topological polar surface area (TPSA) is 66.0 Å². The highest BCUT2D eigenvalue weighted by molar-refractivity contribution is 7.71. The van der Waals surface area contributed by atoms with Crippen LogP contribution in [0.5, 0.6) is 0 Å². The second-order valence-corrected chi connectivity index (χ2v) is 9.51. The SMILES string of the molecule is CC1CCN(C(CNC(=O)CCn2c(-c3cccs3)n[nH]c2=S)c2ccccc2)CC1. The number of hydrogen-bond donors (Lipinski definition) is 2. The van der Waals surface area contributed by atoms with Gasteiger partial charge in [0.2, 0.25) is 5.91 Å². The molecule has 0 aliphatic carbocycles. The van der Waals surface area contributed by atoms with Crippen LogP contribution < -0.4 is 5.32 Å². The first-order valence-corrected chi connectivity index (χ1v) is 12.2. The van der Waals surface area contributed by atoms with Crippen molar-refractivity contribution in [1.29, 1.82) is 0 Å². The van der Waals surface area contributed by atoms with Gasteiger partial charge in [-0.1, -0.05) is 43.3 Å². The van der Waals surface area contributed by atoms with E-state index in [2.05, 4.69) is 51.6 Å². The number of nitrogens with zero attached hydrogens (tertiary/aromatic N) is 3. The van der Waals surface area contributed by atoms with Gasteiger partial charge in [-0.15, -0.1) is 11.3 Å². The van der Waals surface area contributed by atoms with Crippen LogP contribution in [-0.2, 0) is 11.3 Å². The number of carbonyl (C=O) groups excluding carboxylic acids is 1. The average Bonchev–Trinajstić information content (AvgIpc) is 3.44. The molecule has 31 heavy (non-hydrogen) atoms. The number of nitrogens with one attached hydrogen (secondary N) is 2. The second kappa shape index (κ2) is 10.3. The predicted octanol–water partition coefficient (Wildman–Crippen LogP) is 4.65. The van der Waals surface area contributed by atoms with Crippen LogP contribution in [0.1, 0.15) is 37.8 Å². The van der Waals surface area contributed by atoms with E-state index in [9.17, 15) is 4.79 Å². The van der Waals surface area contributed by atoms with Gasteiger partial charge in [0.25, 0.3) is 0 Å². The molecule has 1 aliphatic rings. The summed E-state index contributed by atoms with van der Waals surface area (Å²) in [6, 6.07) is 14.7. The number of hydrogen-bond acceptors (Lipinski definition) is 5. The van der Waals surface area contributed by atoms with Crippen LogP contribution in [0.15, 0.2) is 47.8 Å². The molecule has 1 amide bonds. The third-order valence-corrected chi connectivity index (χ3v) is 7.18. The summed E-state index contributed by atoms with van der Waals surface area (Å²) in [5, 5.41) is 12.4. The second-order valence-electron chi connectivity index (χ2n) is 8.18. The Morgan fingerprint density at radius 1 is 1.26 bits per heavy atom. The molecule has 0 saturated carbocycles. The summed E-state index contributed by atoms with van der Waals surface area (Å²) >= 11 is 6.98. The van der Waals surface area contributed by atoms with Gasteiger partial charge in [0.15, 0.2) is 10.6 Å². The Labute approximate surface area is 192 Å². The lowest BCUT2D eigenvalue weighted by Gasteiger charge is -2.37. The zero-order chi connectivity index (χ0) is 21.6. The number of rotatable bonds is 8. The molecule has 2 N–H and O–H groups in total. The maximum Gasteiger partial charge on any atom is 0.221 e. The minimum Gasteiger partial charge on any atom is -0.354 e. The number of piperidine rings is 1. The fourth-order valence-electron chi connectivity index (χ4n) is 4.10. The van der Waals surface area contributed by atoms with Crippen LogP contribution in [0, 0.1) is 10.7 Å². The summed E-state index contributed by atoms with van der Waals surface area (Å²) in [5.74, 6) is 1.60. The van der Waals surface area contributed by atoms with Crippen LogP contribution in [0.25, 0.3) is 10.7 Å². The summed E-state index contributed by atoms with van der Waals surface area (Å²) in [4.78, 5) is 16.3. The number of carbonyl (C=O) groups is 1. The molecule has 1 aromatic carbocycles. The van der Waals surface area contributed by atoms with Crippen molar-refractivity contribution in [3.63, 3.8) is 0 Å². The number of likely N-dealkylation sites (tertiary alicyclic amines) is 1. The standard InChI is InChI=1S/C23H29N5OS2/c1-17-9-12-27(13-10-17)19(18-6-3-2-4-7-18)16-24-21(29)11-14-28-22(25-26-23(28)30)20-8-5-15-31-20/h2-8,15,17,19H,9-14,16H2,1H3,(H,24,29)(H,26,30). The van der Waals surface area contributed by atoms with E-state index in [1.54, 1.807) is 11.3 Å². The third kappa shape index (κ3) is 5.50. The molecule has 1 fully saturated rings. The van der Waals surface area contributed by atoms with Crippen molar-refractivity contribution in [2.45, 2.75) is 38.8 Å². The largest absolute Gasteiger partial charge is 0.354 e. The molecule has 0 bridgehead atoms. The number of aromatic amines is 1. The molecule has 1 unspecified atom stereocenters. The van der Waals surface area contributed by atoms with Crippen molar-refractivity contribution in [2.24, 2.45) is 5.92 Å². The van der Waals surface area contributed by atoms with Gasteiger partial charge in [0, 0.05) is 19.5 Å². The number of H-pyrrole nitrogens is 1. The zero-order valence-corrected chi connectivity index (χ0v) is 19.4. The highest BCUT2D eigenvalue weighted by atomic mass is 32.1. The van der Waals surface area contributed by atoms with Gasteiger partial charge in [-0.3, -0.25) is 19.4 Å². The molecular weight excluding hydrogens is 426 g/mol. The molecule has 1 saturated heterocycles. The Kier molecular flexibility index (Phi) is 7.32. The molecule has 4 rings (SSSR count). The van der Waals surface area contributed by atoms with Crippen molar-refractivity contribution in [3.05, 3.63) is 58.2 Å². The molecule has 6 nitrogen and oxygen atoms in total. The van der Waals surface area contributed by atoms with Gasteiger partial charge in [0.1, 0.15) is 0 Å². The molecule has 1 atom stereocenters. The van der Waals surface area contributed by atoms with Gasteiger partial charge >= 0.3 is 0 Å². The van der Waals surface area contributed by atoms with E-state index >= 15 is 0 Å². The van der Waals surface area contributed by atoms with Crippen LogP contribution >= 0.6 is 23.6 Å². The van der Waals surface area contributed by atoms with Crippen molar-refractivity contribution >= 4 is 29.5 Å². The minimum atomic E-state index is 0.0338. The summed E-state index contributed by atoms with van der Waals surface area (Å²) in [7, 11) is 0. The van der Waals surface area contributed by atoms with Gasteiger partial charge in [-0.05, 0) is 61.1 Å². The van der Waals surface area contributed by atoms with E-state index in [0.29, 0.717) is 24.3 Å². The van der Waals surface area contributed by atoms with E-state index < -0.39 is 0 Å². The van der Waals surface area contributed by atoms with Crippen molar-refractivity contribution in [3.8, 4) is 10.7 Å².